The van der Waals surface area contributed by atoms with E-state index in [1.807, 2.05) is 4.90 Å². The number of piperidine rings is 1. The molecule has 0 aromatic carbocycles. The van der Waals surface area contributed by atoms with Gasteiger partial charge in [-0.15, -0.1) is 11.3 Å². The molecule has 5 nitrogen and oxygen atoms in total. The van der Waals surface area contributed by atoms with E-state index in [0.29, 0.717) is 12.4 Å². The third-order valence-electron chi connectivity index (χ3n) is 5.30. The van der Waals surface area contributed by atoms with Gasteiger partial charge in [-0.05, 0) is 62.0 Å². The highest BCUT2D eigenvalue weighted by molar-refractivity contribution is 7.12. The molecule has 3 heterocycles. The van der Waals surface area contributed by atoms with Crippen LogP contribution >= 0.6 is 11.3 Å². The lowest BCUT2D eigenvalue weighted by Gasteiger charge is -2.32. The standard InChI is InChI=1S/C19H23N3O2S/c1-12-20-16(9-17(23)21-12)13-6-4-8-22(10-13)19(24)18-15-7-3-2-5-14(15)11-25-18/h9,11,13H,2-8,10H2,1H3,(H,20,21,23)/t13-/m0/s1. The fourth-order valence-electron chi connectivity index (χ4n) is 4.06. The predicted octanol–water partition coefficient (Wildman–Crippen LogP) is 3.04. The molecule has 1 saturated heterocycles. The van der Waals surface area contributed by atoms with Crippen LogP contribution in [0.4, 0.5) is 0 Å². The number of hydrogen-bond acceptors (Lipinski definition) is 4. The second-order valence-electron chi connectivity index (χ2n) is 7.12. The Labute approximate surface area is 151 Å². The van der Waals surface area contributed by atoms with E-state index < -0.39 is 0 Å². The van der Waals surface area contributed by atoms with Crippen molar-refractivity contribution in [3.8, 4) is 0 Å². The third kappa shape index (κ3) is 3.27. The minimum Gasteiger partial charge on any atom is -0.337 e. The van der Waals surface area contributed by atoms with Crippen LogP contribution in [0.1, 0.15) is 63.9 Å². The Hall–Kier alpha value is -1.95. The number of carbonyl (C=O) groups excluding carboxylic acids is 1. The number of rotatable bonds is 2. The topological polar surface area (TPSA) is 66.1 Å². The molecule has 25 heavy (non-hydrogen) atoms. The van der Waals surface area contributed by atoms with Crippen LogP contribution in [0.25, 0.3) is 0 Å². The molecule has 1 atom stereocenters. The van der Waals surface area contributed by atoms with E-state index in [1.54, 1.807) is 24.3 Å². The quantitative estimate of drug-likeness (QED) is 0.898. The summed E-state index contributed by atoms with van der Waals surface area (Å²) in [5.41, 5.74) is 3.36. The Morgan fingerprint density at radius 2 is 2.16 bits per heavy atom. The monoisotopic (exact) mass is 357 g/mol. The van der Waals surface area contributed by atoms with Gasteiger partial charge in [0.15, 0.2) is 0 Å². The number of amides is 1. The molecule has 1 fully saturated rings. The molecule has 2 aliphatic rings. The van der Waals surface area contributed by atoms with Gasteiger partial charge in [-0.3, -0.25) is 9.59 Å². The summed E-state index contributed by atoms with van der Waals surface area (Å²) in [5, 5.41) is 2.17. The molecule has 6 heteroatoms. The lowest BCUT2D eigenvalue weighted by atomic mass is 9.92. The summed E-state index contributed by atoms with van der Waals surface area (Å²) in [6, 6.07) is 1.58. The number of aryl methyl sites for hydroxylation is 2. The molecule has 4 rings (SSSR count). The van der Waals surface area contributed by atoms with E-state index in [0.717, 1.165) is 42.8 Å². The first kappa shape index (κ1) is 16.5. The normalized spacial score (nSPS) is 20.4. The Morgan fingerprint density at radius 3 is 3.00 bits per heavy atom. The highest BCUT2D eigenvalue weighted by atomic mass is 32.1. The Kier molecular flexibility index (Phi) is 4.46. The van der Waals surface area contributed by atoms with Crippen LogP contribution in [0.2, 0.25) is 0 Å². The predicted molar refractivity (Wildman–Crippen MR) is 98.4 cm³/mol. The zero-order valence-electron chi connectivity index (χ0n) is 14.5. The Morgan fingerprint density at radius 1 is 1.32 bits per heavy atom. The molecule has 2 aromatic heterocycles. The van der Waals surface area contributed by atoms with Crippen LogP contribution in [0.5, 0.6) is 0 Å². The van der Waals surface area contributed by atoms with Crippen molar-refractivity contribution in [2.24, 2.45) is 0 Å². The van der Waals surface area contributed by atoms with Crippen molar-refractivity contribution in [1.29, 1.82) is 0 Å². The molecule has 0 spiro atoms. The molecule has 0 radical (unpaired) electrons. The zero-order chi connectivity index (χ0) is 17.4. The number of nitrogens with zero attached hydrogens (tertiary/aromatic N) is 2. The fraction of sp³-hybridized carbons (Fsp3) is 0.526. The Bertz CT molecular complexity index is 855. The van der Waals surface area contributed by atoms with Gasteiger partial charge in [0, 0.05) is 25.1 Å². The van der Waals surface area contributed by atoms with Crippen molar-refractivity contribution < 1.29 is 4.79 Å². The zero-order valence-corrected chi connectivity index (χ0v) is 15.3. The molecule has 1 aliphatic heterocycles. The molecule has 2 aromatic rings. The molecule has 0 saturated carbocycles. The highest BCUT2D eigenvalue weighted by Crippen LogP contribution is 2.32. The minimum absolute atomic E-state index is 0.113. The maximum absolute atomic E-state index is 13.1. The van der Waals surface area contributed by atoms with Crippen LogP contribution in [0, 0.1) is 6.92 Å². The fourth-order valence-corrected chi connectivity index (χ4v) is 5.18. The van der Waals surface area contributed by atoms with Gasteiger partial charge in [0.1, 0.15) is 5.82 Å². The number of nitrogens with one attached hydrogen (secondary N) is 1. The van der Waals surface area contributed by atoms with Crippen LogP contribution in [-0.2, 0) is 12.8 Å². The van der Waals surface area contributed by atoms with Gasteiger partial charge in [0.25, 0.3) is 11.5 Å². The maximum atomic E-state index is 13.1. The first-order valence-electron chi connectivity index (χ1n) is 9.08. The number of H-pyrrole nitrogens is 1. The van der Waals surface area contributed by atoms with Crippen LogP contribution in [0.3, 0.4) is 0 Å². The van der Waals surface area contributed by atoms with Crippen molar-refractivity contribution in [3.63, 3.8) is 0 Å². The minimum atomic E-state index is -0.113. The van der Waals surface area contributed by atoms with Gasteiger partial charge in [0.2, 0.25) is 0 Å². The largest absolute Gasteiger partial charge is 0.337 e. The second-order valence-corrected chi connectivity index (χ2v) is 8.00. The molecule has 1 aliphatic carbocycles. The molecule has 1 N–H and O–H groups in total. The lowest BCUT2D eigenvalue weighted by molar-refractivity contribution is 0.0709. The van der Waals surface area contributed by atoms with Crippen LogP contribution in [0.15, 0.2) is 16.2 Å². The van der Waals surface area contributed by atoms with Gasteiger partial charge in [-0.1, -0.05) is 0 Å². The van der Waals surface area contributed by atoms with Crippen molar-refractivity contribution in [2.75, 3.05) is 13.1 Å². The summed E-state index contributed by atoms with van der Waals surface area (Å²) in [7, 11) is 0. The van der Waals surface area contributed by atoms with Crippen molar-refractivity contribution in [1.82, 2.24) is 14.9 Å². The molecule has 0 bridgehead atoms. The van der Waals surface area contributed by atoms with E-state index in [9.17, 15) is 9.59 Å². The number of aromatic amines is 1. The van der Waals surface area contributed by atoms with Crippen LogP contribution < -0.4 is 5.56 Å². The number of aromatic nitrogens is 2. The number of likely N-dealkylation sites (tertiary alicyclic amines) is 1. The van der Waals surface area contributed by atoms with Gasteiger partial charge in [0.05, 0.1) is 10.6 Å². The van der Waals surface area contributed by atoms with Crippen molar-refractivity contribution >= 4 is 17.2 Å². The molecule has 1 amide bonds. The van der Waals surface area contributed by atoms with E-state index in [2.05, 4.69) is 15.3 Å². The first-order chi connectivity index (χ1) is 12.1. The van der Waals surface area contributed by atoms with Crippen molar-refractivity contribution in [3.05, 3.63) is 49.3 Å². The van der Waals surface area contributed by atoms with Crippen LogP contribution in [-0.4, -0.2) is 33.9 Å². The van der Waals surface area contributed by atoms with E-state index in [4.69, 9.17) is 0 Å². The lowest BCUT2D eigenvalue weighted by Crippen LogP contribution is -2.39. The number of carbonyl (C=O) groups is 1. The average molecular weight is 357 g/mol. The summed E-state index contributed by atoms with van der Waals surface area (Å²) in [6.07, 6.45) is 6.49. The summed E-state index contributed by atoms with van der Waals surface area (Å²) in [6.45, 7) is 3.25. The summed E-state index contributed by atoms with van der Waals surface area (Å²) < 4.78 is 0. The number of hydrogen-bond donors (Lipinski definition) is 1. The van der Waals surface area contributed by atoms with Gasteiger partial charge in [-0.25, -0.2) is 4.98 Å². The summed E-state index contributed by atoms with van der Waals surface area (Å²) in [5.74, 6) is 0.951. The number of thiophene rings is 1. The van der Waals surface area contributed by atoms with E-state index >= 15 is 0 Å². The maximum Gasteiger partial charge on any atom is 0.264 e. The van der Waals surface area contributed by atoms with Crippen molar-refractivity contribution in [2.45, 2.75) is 51.4 Å². The highest BCUT2D eigenvalue weighted by Gasteiger charge is 2.29. The SMILES string of the molecule is Cc1nc([C@H]2CCCN(C(=O)c3scc4c3CCCC4)C2)cc(=O)[nH]1. The molecular weight excluding hydrogens is 334 g/mol. The first-order valence-corrected chi connectivity index (χ1v) is 9.96. The number of fused-ring (bicyclic) bond motifs is 1. The van der Waals surface area contributed by atoms with E-state index in [-0.39, 0.29) is 17.4 Å². The summed E-state index contributed by atoms with van der Waals surface area (Å²) >= 11 is 1.61. The van der Waals surface area contributed by atoms with Gasteiger partial charge < -0.3 is 9.88 Å². The van der Waals surface area contributed by atoms with E-state index in [1.165, 1.54) is 24.0 Å². The molecule has 132 valence electrons. The van der Waals surface area contributed by atoms with Gasteiger partial charge >= 0.3 is 0 Å². The van der Waals surface area contributed by atoms with Gasteiger partial charge in [-0.2, -0.15) is 0 Å². The Balaban J connectivity index is 1.56. The smallest absolute Gasteiger partial charge is 0.264 e. The second kappa shape index (κ2) is 6.75. The molecular formula is C19H23N3O2S. The summed E-state index contributed by atoms with van der Waals surface area (Å²) in [4.78, 5) is 34.9. The third-order valence-corrected chi connectivity index (χ3v) is 6.36. The molecule has 0 unspecified atom stereocenters. The average Bonchev–Trinajstić information content (AvgIpc) is 3.04.